The molecule has 38 heavy (non-hydrogen) atoms. The Labute approximate surface area is 213 Å². The lowest BCUT2D eigenvalue weighted by atomic mass is 9.83. The van der Waals surface area contributed by atoms with Crippen molar-refractivity contribution >= 4 is 11.6 Å². The number of H-pyrrole nitrogens is 1. The molecule has 0 bridgehead atoms. The molecule has 1 saturated carbocycles. The summed E-state index contributed by atoms with van der Waals surface area (Å²) < 4.78 is 60.6. The van der Waals surface area contributed by atoms with Crippen molar-refractivity contribution in [2.45, 2.75) is 50.8 Å². The number of aromatic carboxylic acids is 1. The average molecular weight is 529 g/mol. The van der Waals surface area contributed by atoms with Gasteiger partial charge in [-0.3, -0.25) is 9.89 Å². The number of aromatic nitrogens is 3. The first kappa shape index (κ1) is 25.5. The highest BCUT2D eigenvalue weighted by atomic mass is 19.4. The Bertz CT molecular complexity index is 1570. The molecule has 0 unspecified atom stereocenters. The molecule has 198 valence electrons. The number of fused-ring (bicyclic) bond motifs is 1. The Kier molecular flexibility index (Phi) is 6.68. The van der Waals surface area contributed by atoms with Gasteiger partial charge in [-0.1, -0.05) is 31.4 Å². The summed E-state index contributed by atoms with van der Waals surface area (Å²) >= 11 is 0. The second-order valence-electron chi connectivity index (χ2n) is 9.31. The Morgan fingerprint density at radius 1 is 1.11 bits per heavy atom. The number of hydrogen-bond donors (Lipinski definition) is 2. The van der Waals surface area contributed by atoms with Gasteiger partial charge in [0.05, 0.1) is 11.3 Å². The second-order valence-corrected chi connectivity index (χ2v) is 9.31. The number of aromatic amines is 1. The van der Waals surface area contributed by atoms with Crippen molar-refractivity contribution in [2.24, 2.45) is 0 Å². The van der Waals surface area contributed by atoms with Gasteiger partial charge in [-0.25, -0.2) is 18.7 Å². The normalized spacial score (nSPS) is 14.6. The molecule has 2 heterocycles. The van der Waals surface area contributed by atoms with Crippen LogP contribution < -0.4 is 10.3 Å². The molecule has 0 amide bonds. The highest BCUT2D eigenvalue weighted by molar-refractivity contribution is 5.86. The Morgan fingerprint density at radius 3 is 2.55 bits per heavy atom. The van der Waals surface area contributed by atoms with Gasteiger partial charge < -0.3 is 9.84 Å². The van der Waals surface area contributed by atoms with Gasteiger partial charge >= 0.3 is 12.1 Å². The van der Waals surface area contributed by atoms with Crippen molar-refractivity contribution in [3.8, 4) is 17.0 Å². The van der Waals surface area contributed by atoms with Crippen molar-refractivity contribution < 1.29 is 32.2 Å². The number of rotatable bonds is 6. The molecule has 2 aromatic heterocycles. The van der Waals surface area contributed by atoms with E-state index in [2.05, 4.69) is 10.1 Å². The first-order chi connectivity index (χ1) is 18.1. The number of nitrogens with zero attached hydrogens (tertiary/aromatic N) is 2. The van der Waals surface area contributed by atoms with E-state index in [0.29, 0.717) is 11.1 Å². The SMILES string of the molecule is O=C(O)c1cc2nc(-c3ccc(OCc4cccc(C(F)(F)F)c4)c(F)c3)c(C3CCCCC3)c(=O)n2[nH]1. The lowest BCUT2D eigenvalue weighted by molar-refractivity contribution is -0.137. The summed E-state index contributed by atoms with van der Waals surface area (Å²) in [6.45, 7) is -0.277. The minimum atomic E-state index is -4.50. The van der Waals surface area contributed by atoms with Crippen LogP contribution in [-0.4, -0.2) is 25.7 Å². The third kappa shape index (κ3) is 5.00. The molecular weight excluding hydrogens is 506 g/mol. The molecule has 5 rings (SSSR count). The third-order valence-electron chi connectivity index (χ3n) is 6.75. The number of carbonyl (C=O) groups is 1. The molecule has 7 nitrogen and oxygen atoms in total. The predicted molar refractivity (Wildman–Crippen MR) is 130 cm³/mol. The smallest absolute Gasteiger partial charge is 0.416 e. The van der Waals surface area contributed by atoms with E-state index < -0.39 is 29.1 Å². The molecule has 1 aliphatic carbocycles. The van der Waals surface area contributed by atoms with Crippen molar-refractivity contribution in [3.05, 3.63) is 87.1 Å². The number of benzene rings is 2. The standard InChI is InChI=1S/C27H23F4N3O4/c28-19-12-17(9-10-21(19)38-14-15-5-4-8-18(11-15)27(29,30)31)24-23(16-6-2-1-3-7-16)25(35)34-22(32-24)13-20(33-34)26(36)37/h4-5,8-13,16,33H,1-3,6-7,14H2,(H,36,37). The molecular formula is C27H23F4N3O4. The molecule has 1 aliphatic rings. The third-order valence-corrected chi connectivity index (χ3v) is 6.75. The lowest BCUT2D eigenvalue weighted by Crippen LogP contribution is -2.25. The molecule has 0 radical (unpaired) electrons. The first-order valence-electron chi connectivity index (χ1n) is 12.1. The summed E-state index contributed by atoms with van der Waals surface area (Å²) in [6.07, 6.45) is -0.105. The van der Waals surface area contributed by atoms with Crippen molar-refractivity contribution in [1.82, 2.24) is 14.6 Å². The van der Waals surface area contributed by atoms with Crippen LogP contribution in [0.4, 0.5) is 17.6 Å². The molecule has 2 N–H and O–H groups in total. The molecule has 1 fully saturated rings. The minimum absolute atomic E-state index is 0.0900. The average Bonchev–Trinajstić information content (AvgIpc) is 3.33. The Morgan fingerprint density at radius 2 is 1.87 bits per heavy atom. The molecule has 0 atom stereocenters. The summed E-state index contributed by atoms with van der Waals surface area (Å²) in [5.41, 5.74) is -0.183. The minimum Gasteiger partial charge on any atom is -0.486 e. The predicted octanol–water partition coefficient (Wildman–Crippen LogP) is 6.17. The number of halogens is 4. The summed E-state index contributed by atoms with van der Waals surface area (Å²) in [6, 6.07) is 9.86. The van der Waals surface area contributed by atoms with Gasteiger partial charge in [0, 0.05) is 17.2 Å². The van der Waals surface area contributed by atoms with Gasteiger partial charge in [-0.05, 0) is 54.7 Å². The fourth-order valence-electron chi connectivity index (χ4n) is 4.89. The van der Waals surface area contributed by atoms with Gasteiger partial charge in [-0.15, -0.1) is 0 Å². The van der Waals surface area contributed by atoms with Crippen LogP contribution >= 0.6 is 0 Å². The van der Waals surface area contributed by atoms with Crippen molar-refractivity contribution in [1.29, 1.82) is 0 Å². The van der Waals surface area contributed by atoms with Gasteiger partial charge in [0.15, 0.2) is 17.2 Å². The monoisotopic (exact) mass is 529 g/mol. The zero-order chi connectivity index (χ0) is 27.0. The number of carboxylic acid groups (broad SMARTS) is 1. The van der Waals surface area contributed by atoms with E-state index in [9.17, 15) is 27.9 Å². The van der Waals surface area contributed by atoms with Gasteiger partial charge in [0.2, 0.25) is 0 Å². The number of carboxylic acids is 1. The van der Waals surface area contributed by atoms with Crippen LogP contribution in [0, 0.1) is 5.82 Å². The number of hydrogen-bond acceptors (Lipinski definition) is 4. The van der Waals surface area contributed by atoms with Crippen molar-refractivity contribution in [3.63, 3.8) is 0 Å². The van der Waals surface area contributed by atoms with E-state index in [0.717, 1.165) is 54.8 Å². The number of nitrogens with one attached hydrogen (secondary N) is 1. The van der Waals surface area contributed by atoms with E-state index in [-0.39, 0.29) is 40.9 Å². The molecule has 11 heteroatoms. The first-order valence-corrected chi connectivity index (χ1v) is 12.1. The summed E-state index contributed by atoms with van der Waals surface area (Å²) in [5, 5.41) is 11.9. The van der Waals surface area contributed by atoms with Crippen LogP contribution in [0.5, 0.6) is 5.75 Å². The van der Waals surface area contributed by atoms with E-state index >= 15 is 4.39 Å². The molecule has 0 aliphatic heterocycles. The Hall–Kier alpha value is -4.15. The number of ether oxygens (including phenoxy) is 1. The fourth-order valence-corrected chi connectivity index (χ4v) is 4.89. The van der Waals surface area contributed by atoms with Gasteiger partial charge in [-0.2, -0.15) is 13.2 Å². The van der Waals surface area contributed by atoms with Crippen LogP contribution in [0.25, 0.3) is 16.9 Å². The zero-order valence-corrected chi connectivity index (χ0v) is 20.0. The second kappa shape index (κ2) is 9.96. The van der Waals surface area contributed by atoms with Crippen LogP contribution in [0.15, 0.2) is 53.3 Å². The topological polar surface area (TPSA) is 96.7 Å². The van der Waals surface area contributed by atoms with E-state index in [1.807, 2.05) is 0 Å². The summed E-state index contributed by atoms with van der Waals surface area (Å²) in [5.74, 6) is -2.31. The number of alkyl halides is 3. The molecule has 0 spiro atoms. The van der Waals surface area contributed by atoms with Crippen LogP contribution in [0.1, 0.15) is 65.2 Å². The van der Waals surface area contributed by atoms with Crippen LogP contribution in [-0.2, 0) is 12.8 Å². The highest BCUT2D eigenvalue weighted by Crippen LogP contribution is 2.37. The lowest BCUT2D eigenvalue weighted by Gasteiger charge is -2.23. The van der Waals surface area contributed by atoms with Gasteiger partial charge in [0.25, 0.3) is 5.56 Å². The van der Waals surface area contributed by atoms with Crippen LogP contribution in [0.3, 0.4) is 0 Å². The maximum absolute atomic E-state index is 15.1. The maximum Gasteiger partial charge on any atom is 0.416 e. The van der Waals surface area contributed by atoms with Crippen LogP contribution in [0.2, 0.25) is 0 Å². The van der Waals surface area contributed by atoms with E-state index in [4.69, 9.17) is 4.74 Å². The molecule has 2 aromatic carbocycles. The largest absolute Gasteiger partial charge is 0.486 e. The maximum atomic E-state index is 15.1. The Balaban J connectivity index is 1.50. The van der Waals surface area contributed by atoms with E-state index in [1.165, 1.54) is 30.3 Å². The summed E-state index contributed by atoms with van der Waals surface area (Å²) in [4.78, 5) is 29.4. The molecule has 4 aromatic rings. The van der Waals surface area contributed by atoms with Gasteiger partial charge in [0.1, 0.15) is 12.3 Å². The highest BCUT2D eigenvalue weighted by Gasteiger charge is 2.30. The quantitative estimate of drug-likeness (QED) is 0.291. The van der Waals surface area contributed by atoms with E-state index in [1.54, 1.807) is 0 Å². The summed E-state index contributed by atoms with van der Waals surface area (Å²) in [7, 11) is 0. The zero-order valence-electron chi connectivity index (χ0n) is 20.0. The molecule has 0 saturated heterocycles. The fraction of sp³-hybridized carbons (Fsp3) is 0.296. The van der Waals surface area contributed by atoms with Crippen molar-refractivity contribution in [2.75, 3.05) is 0 Å².